The monoisotopic (exact) mass is 527 g/mol. The Balaban J connectivity index is 1.69. The summed E-state index contributed by atoms with van der Waals surface area (Å²) in [6.45, 7) is 10.5. The van der Waals surface area contributed by atoms with E-state index in [0.29, 0.717) is 29.1 Å². The van der Waals surface area contributed by atoms with Crippen LogP contribution in [0.5, 0.6) is 0 Å². The lowest BCUT2D eigenvalue weighted by Gasteiger charge is -2.26. The van der Waals surface area contributed by atoms with Gasteiger partial charge in [0.1, 0.15) is 28.9 Å². The number of fused-ring (bicyclic) bond motifs is 1. The van der Waals surface area contributed by atoms with Gasteiger partial charge in [-0.25, -0.2) is 23.4 Å². The minimum absolute atomic E-state index is 0.191. The number of hydrogen-bond acceptors (Lipinski definition) is 7. The van der Waals surface area contributed by atoms with Crippen LogP contribution in [0.1, 0.15) is 65.1 Å². The topological polar surface area (TPSA) is 82.5 Å². The highest BCUT2D eigenvalue weighted by molar-refractivity contribution is 8.76. The molecule has 192 valence electrons. The molecule has 1 N–H and O–H groups in total. The van der Waals surface area contributed by atoms with Gasteiger partial charge >= 0.3 is 12.1 Å². The van der Waals surface area contributed by atoms with Crippen molar-refractivity contribution in [3.8, 4) is 0 Å². The van der Waals surface area contributed by atoms with Crippen LogP contribution in [0.2, 0.25) is 0 Å². The largest absolute Gasteiger partial charge is 0.458 e. The van der Waals surface area contributed by atoms with Crippen LogP contribution >= 0.6 is 21.6 Å². The first-order chi connectivity index (χ1) is 16.2. The van der Waals surface area contributed by atoms with Crippen LogP contribution in [-0.4, -0.2) is 44.6 Å². The lowest BCUT2D eigenvalue weighted by molar-refractivity contribution is -0.156. The Bertz CT molecular complexity index is 1080. The van der Waals surface area contributed by atoms with Crippen molar-refractivity contribution < 1.29 is 27.8 Å². The van der Waals surface area contributed by atoms with E-state index < -0.39 is 40.9 Å². The Morgan fingerprint density at radius 3 is 2.51 bits per heavy atom. The minimum atomic E-state index is -0.944. The summed E-state index contributed by atoms with van der Waals surface area (Å²) < 4.78 is 40.7. The van der Waals surface area contributed by atoms with E-state index >= 15 is 0 Å². The molecule has 7 nitrogen and oxygen atoms in total. The number of aromatic nitrogens is 2. The average Bonchev–Trinajstić information content (AvgIpc) is 3.30. The predicted molar refractivity (Wildman–Crippen MR) is 132 cm³/mol. The number of nitrogens with zero attached hydrogens (tertiary/aromatic N) is 2. The first-order valence-electron chi connectivity index (χ1n) is 11.3. The van der Waals surface area contributed by atoms with Crippen molar-refractivity contribution in [3.63, 3.8) is 0 Å². The fraction of sp³-hybridized carbons (Fsp3) is 0.542. The number of benzene rings is 1. The Labute approximate surface area is 212 Å². The van der Waals surface area contributed by atoms with E-state index in [4.69, 9.17) is 9.47 Å². The number of carbonyl (C=O) groups excluding carboxylic acids is 2. The van der Waals surface area contributed by atoms with Crippen molar-refractivity contribution >= 4 is 33.7 Å². The molecule has 1 aliphatic rings. The zero-order valence-corrected chi connectivity index (χ0v) is 22.3. The van der Waals surface area contributed by atoms with Gasteiger partial charge in [-0.05, 0) is 82.4 Å². The number of rotatable bonds is 7. The third-order valence-corrected chi connectivity index (χ3v) is 7.20. The molecule has 1 aromatic carbocycles. The highest BCUT2D eigenvalue weighted by Gasteiger charge is 2.31. The molecular formula is C24H31F2N3O4S2. The number of halogens is 2. The molecule has 1 aliphatic carbocycles. The van der Waals surface area contributed by atoms with Crippen LogP contribution in [0.25, 0.3) is 0 Å². The molecule has 0 radical (unpaired) electrons. The highest BCUT2D eigenvalue weighted by atomic mass is 33.1. The van der Waals surface area contributed by atoms with Crippen LogP contribution < -0.4 is 5.32 Å². The van der Waals surface area contributed by atoms with E-state index in [9.17, 15) is 18.4 Å². The SMILES string of the molecule is CC(C)(C)OC(=O)NC(CSSc1nccn1C1CCc2c(F)cc(F)cc21)C(=O)OC(C)(C)C. The van der Waals surface area contributed by atoms with E-state index in [2.05, 4.69) is 10.3 Å². The van der Waals surface area contributed by atoms with E-state index in [1.54, 1.807) is 53.9 Å². The number of imidazole rings is 1. The van der Waals surface area contributed by atoms with E-state index in [0.717, 1.165) is 6.07 Å². The maximum Gasteiger partial charge on any atom is 0.408 e. The van der Waals surface area contributed by atoms with Crippen LogP contribution in [0.3, 0.4) is 0 Å². The summed E-state index contributed by atoms with van der Waals surface area (Å²) >= 11 is 0. The van der Waals surface area contributed by atoms with Crippen molar-refractivity contribution in [1.29, 1.82) is 0 Å². The normalized spacial score (nSPS) is 16.5. The summed E-state index contributed by atoms with van der Waals surface area (Å²) in [4.78, 5) is 29.4. The second-order valence-corrected chi connectivity index (χ2v) is 12.5. The molecule has 0 spiro atoms. The molecule has 0 saturated carbocycles. The molecule has 1 aromatic heterocycles. The fourth-order valence-corrected chi connectivity index (χ4v) is 5.88. The third-order valence-electron chi connectivity index (χ3n) is 4.94. The van der Waals surface area contributed by atoms with Gasteiger partial charge in [0.15, 0.2) is 5.16 Å². The number of amides is 1. The van der Waals surface area contributed by atoms with Crippen LogP contribution in [0.15, 0.2) is 29.7 Å². The second kappa shape index (κ2) is 10.8. The summed E-state index contributed by atoms with van der Waals surface area (Å²) in [7, 11) is 2.62. The third kappa shape index (κ3) is 7.60. The summed E-state index contributed by atoms with van der Waals surface area (Å²) in [5.74, 6) is -1.52. The molecule has 0 fully saturated rings. The summed E-state index contributed by atoms with van der Waals surface area (Å²) in [5, 5.41) is 3.21. The molecule has 1 amide bonds. The van der Waals surface area contributed by atoms with Gasteiger partial charge in [0.2, 0.25) is 0 Å². The van der Waals surface area contributed by atoms with Gasteiger partial charge < -0.3 is 19.4 Å². The summed E-state index contributed by atoms with van der Waals surface area (Å²) in [5.41, 5.74) is -0.295. The minimum Gasteiger partial charge on any atom is -0.458 e. The lowest BCUT2D eigenvalue weighted by Crippen LogP contribution is -2.47. The molecule has 3 rings (SSSR count). The maximum atomic E-state index is 14.2. The predicted octanol–water partition coefficient (Wildman–Crippen LogP) is 5.67. The molecule has 2 aromatic rings. The summed E-state index contributed by atoms with van der Waals surface area (Å²) in [6, 6.07) is 1.11. The molecule has 0 aliphatic heterocycles. The van der Waals surface area contributed by atoms with Crippen molar-refractivity contribution in [3.05, 3.63) is 47.3 Å². The smallest absolute Gasteiger partial charge is 0.408 e. The van der Waals surface area contributed by atoms with E-state index in [1.807, 2.05) is 4.57 Å². The van der Waals surface area contributed by atoms with Gasteiger partial charge in [0, 0.05) is 24.2 Å². The molecule has 2 unspecified atom stereocenters. The fourth-order valence-electron chi connectivity index (χ4n) is 3.66. The Hall–Kier alpha value is -2.27. The van der Waals surface area contributed by atoms with Crippen molar-refractivity contribution in [1.82, 2.24) is 14.9 Å². The van der Waals surface area contributed by atoms with Crippen LogP contribution in [0.4, 0.5) is 13.6 Å². The van der Waals surface area contributed by atoms with Gasteiger partial charge in [0.25, 0.3) is 0 Å². The Morgan fingerprint density at radius 1 is 1.17 bits per heavy atom. The van der Waals surface area contributed by atoms with Gasteiger partial charge in [-0.15, -0.1) is 0 Å². The number of hydrogen-bond donors (Lipinski definition) is 1. The first kappa shape index (κ1) is 27.3. The van der Waals surface area contributed by atoms with Gasteiger partial charge in [-0.2, -0.15) is 0 Å². The molecule has 11 heteroatoms. The second-order valence-electron chi connectivity index (χ2n) is 10.2. The Morgan fingerprint density at radius 2 is 1.86 bits per heavy atom. The molecular weight excluding hydrogens is 496 g/mol. The van der Waals surface area contributed by atoms with E-state index in [1.165, 1.54) is 27.7 Å². The quantitative estimate of drug-likeness (QED) is 0.367. The molecule has 35 heavy (non-hydrogen) atoms. The number of ether oxygens (including phenoxy) is 2. The Kier molecular flexibility index (Phi) is 8.41. The molecule has 0 bridgehead atoms. The van der Waals surface area contributed by atoms with Crippen LogP contribution in [-0.2, 0) is 20.7 Å². The van der Waals surface area contributed by atoms with Gasteiger partial charge in [0.05, 0.1) is 6.04 Å². The first-order valence-corrected chi connectivity index (χ1v) is 13.6. The van der Waals surface area contributed by atoms with Crippen LogP contribution in [0, 0.1) is 11.6 Å². The number of alkyl carbamates (subject to hydrolysis) is 1. The number of carbonyl (C=O) groups is 2. The van der Waals surface area contributed by atoms with Gasteiger partial charge in [-0.1, -0.05) is 10.8 Å². The standard InChI is InChI=1S/C24H31F2N3O4S2/c1-23(2,3)32-20(30)18(28-22(31)33-24(4,5)6)13-34-35-21-27-9-10-29(21)19-8-7-15-16(19)11-14(25)12-17(15)26/h9-12,18-19H,7-8,13H2,1-6H3,(H,28,31). The zero-order chi connectivity index (χ0) is 26.0. The van der Waals surface area contributed by atoms with Crippen molar-refractivity contribution in [2.75, 3.05) is 5.75 Å². The van der Waals surface area contributed by atoms with Crippen molar-refractivity contribution in [2.24, 2.45) is 0 Å². The molecule has 2 atom stereocenters. The highest BCUT2D eigenvalue weighted by Crippen LogP contribution is 2.40. The van der Waals surface area contributed by atoms with E-state index in [-0.39, 0.29) is 11.8 Å². The maximum absolute atomic E-state index is 14.2. The van der Waals surface area contributed by atoms with Crippen molar-refractivity contribution in [2.45, 2.75) is 82.8 Å². The average molecular weight is 528 g/mol. The number of esters is 1. The molecule has 0 saturated heterocycles. The molecule has 1 heterocycles. The zero-order valence-electron chi connectivity index (χ0n) is 20.7. The number of nitrogens with one attached hydrogen (secondary N) is 1. The van der Waals surface area contributed by atoms with Gasteiger partial charge in [-0.3, -0.25) is 0 Å². The summed E-state index contributed by atoms with van der Waals surface area (Å²) in [6.07, 6.45) is 3.83. The lowest BCUT2D eigenvalue weighted by atomic mass is 10.1.